The molecule has 1 aliphatic heterocycles. The first-order valence-corrected chi connectivity index (χ1v) is 13.0. The van der Waals surface area contributed by atoms with E-state index in [0.717, 1.165) is 12.0 Å². The van der Waals surface area contributed by atoms with Crippen molar-refractivity contribution in [3.05, 3.63) is 77.8 Å². The van der Waals surface area contributed by atoms with Crippen molar-refractivity contribution in [2.75, 3.05) is 23.0 Å². The van der Waals surface area contributed by atoms with Crippen molar-refractivity contribution in [1.82, 2.24) is 5.32 Å². The summed E-state index contributed by atoms with van der Waals surface area (Å²) >= 11 is 5.86. The Morgan fingerprint density at radius 2 is 1.68 bits per heavy atom. The Kier molecular flexibility index (Phi) is 6.90. The fourth-order valence-corrected chi connectivity index (χ4v) is 5.01. The molecule has 2 N–H and O–H groups in total. The maximum Gasteiger partial charge on any atom is 0.319 e. The van der Waals surface area contributed by atoms with Crippen LogP contribution in [0.3, 0.4) is 0 Å². The first-order chi connectivity index (χ1) is 16.2. The molecule has 0 spiro atoms. The quantitative estimate of drug-likeness (QED) is 0.532. The highest BCUT2D eigenvalue weighted by Gasteiger charge is 2.31. The Hall–Kier alpha value is -3.36. The SMILES string of the molecule is CS(=O)(=O)c1ccccc1-c1ccc(N2CCC[C@@H](NC(=O)Nc3ccc(Cl)cc3)C2=O)cc1. The molecule has 4 rings (SSSR count). The fraction of sp³-hybridized carbons (Fsp3) is 0.200. The second-order valence-corrected chi connectivity index (χ2v) is 10.5. The summed E-state index contributed by atoms with van der Waals surface area (Å²) in [5, 5.41) is 6.02. The molecule has 1 heterocycles. The van der Waals surface area contributed by atoms with Crippen molar-refractivity contribution in [3.8, 4) is 11.1 Å². The largest absolute Gasteiger partial charge is 0.326 e. The van der Waals surface area contributed by atoms with Gasteiger partial charge in [0.2, 0.25) is 5.91 Å². The molecule has 3 aromatic rings. The van der Waals surface area contributed by atoms with Gasteiger partial charge < -0.3 is 15.5 Å². The van der Waals surface area contributed by atoms with Crippen LogP contribution in [0, 0.1) is 0 Å². The van der Waals surface area contributed by atoms with Crippen LogP contribution in [0.5, 0.6) is 0 Å². The lowest BCUT2D eigenvalue weighted by atomic mass is 10.0. The summed E-state index contributed by atoms with van der Waals surface area (Å²) in [6.07, 6.45) is 2.46. The molecule has 0 saturated carbocycles. The number of rotatable bonds is 5. The highest BCUT2D eigenvalue weighted by atomic mass is 35.5. The standard InChI is InChI=1S/C25H24ClN3O4S/c1-34(32,33)23-7-3-2-5-21(23)17-8-14-20(15-9-17)29-16-4-6-22(24(29)30)28-25(31)27-19-12-10-18(26)11-13-19/h2-3,5,7-15,22H,4,6,16H2,1H3,(H2,27,28,31)/t22-/m1/s1. The normalized spacial score (nSPS) is 16.2. The van der Waals surface area contributed by atoms with E-state index < -0.39 is 21.9 Å². The number of hydrogen-bond acceptors (Lipinski definition) is 4. The zero-order valence-corrected chi connectivity index (χ0v) is 20.1. The lowest BCUT2D eigenvalue weighted by Crippen LogP contribution is -2.53. The molecule has 0 bridgehead atoms. The van der Waals surface area contributed by atoms with Crippen LogP contribution in [0.2, 0.25) is 5.02 Å². The summed E-state index contributed by atoms with van der Waals surface area (Å²) in [5.41, 5.74) is 2.62. The van der Waals surface area contributed by atoms with E-state index in [0.29, 0.717) is 34.9 Å². The molecule has 1 atom stereocenters. The Morgan fingerprint density at radius 1 is 1.00 bits per heavy atom. The number of halogens is 1. The number of amides is 3. The molecule has 3 amide bonds. The summed E-state index contributed by atoms with van der Waals surface area (Å²) in [5.74, 6) is -0.193. The molecule has 3 aromatic carbocycles. The molecule has 1 saturated heterocycles. The predicted octanol–water partition coefficient (Wildman–Crippen LogP) is 4.73. The number of urea groups is 1. The smallest absolute Gasteiger partial charge is 0.319 e. The molecule has 0 radical (unpaired) electrons. The summed E-state index contributed by atoms with van der Waals surface area (Å²) in [6, 6.07) is 19.6. The first-order valence-electron chi connectivity index (χ1n) is 10.8. The molecule has 1 aliphatic rings. The zero-order valence-electron chi connectivity index (χ0n) is 18.5. The third-order valence-electron chi connectivity index (χ3n) is 5.62. The molecule has 0 aromatic heterocycles. The number of nitrogens with one attached hydrogen (secondary N) is 2. The van der Waals surface area contributed by atoms with E-state index in [4.69, 9.17) is 11.6 Å². The molecule has 7 nitrogen and oxygen atoms in total. The van der Waals surface area contributed by atoms with Crippen LogP contribution < -0.4 is 15.5 Å². The Bertz CT molecular complexity index is 1310. The Morgan fingerprint density at radius 3 is 2.35 bits per heavy atom. The average molecular weight is 498 g/mol. The van der Waals surface area contributed by atoms with Crippen LogP contribution in [0.25, 0.3) is 11.1 Å². The number of benzene rings is 3. The van der Waals surface area contributed by atoms with Gasteiger partial charge in [0.05, 0.1) is 4.90 Å². The molecule has 0 aliphatic carbocycles. The van der Waals surface area contributed by atoms with Gasteiger partial charge in [0.15, 0.2) is 9.84 Å². The molecule has 176 valence electrons. The fourth-order valence-electron chi connectivity index (χ4n) is 3.97. The minimum Gasteiger partial charge on any atom is -0.326 e. The summed E-state index contributed by atoms with van der Waals surface area (Å²) in [4.78, 5) is 27.4. The van der Waals surface area contributed by atoms with E-state index in [1.807, 2.05) is 0 Å². The lowest BCUT2D eigenvalue weighted by molar-refractivity contribution is -0.121. The second kappa shape index (κ2) is 9.87. The number of hydrogen-bond donors (Lipinski definition) is 2. The van der Waals surface area contributed by atoms with Crippen molar-refractivity contribution in [1.29, 1.82) is 0 Å². The van der Waals surface area contributed by atoms with Crippen LogP contribution in [0.15, 0.2) is 77.7 Å². The number of sulfone groups is 1. The number of carbonyl (C=O) groups excluding carboxylic acids is 2. The molecular weight excluding hydrogens is 474 g/mol. The van der Waals surface area contributed by atoms with Gasteiger partial charge in [-0.2, -0.15) is 0 Å². The number of piperidine rings is 1. The minimum atomic E-state index is -3.38. The van der Waals surface area contributed by atoms with Gasteiger partial charge in [0.25, 0.3) is 0 Å². The van der Waals surface area contributed by atoms with Gasteiger partial charge in [-0.1, -0.05) is 41.9 Å². The van der Waals surface area contributed by atoms with Gasteiger partial charge >= 0.3 is 6.03 Å². The van der Waals surface area contributed by atoms with Gasteiger partial charge in [0.1, 0.15) is 6.04 Å². The highest BCUT2D eigenvalue weighted by molar-refractivity contribution is 7.90. The van der Waals surface area contributed by atoms with Crippen LogP contribution in [0.1, 0.15) is 12.8 Å². The molecule has 0 unspecified atom stereocenters. The van der Waals surface area contributed by atoms with Crippen molar-refractivity contribution in [2.24, 2.45) is 0 Å². The van der Waals surface area contributed by atoms with Crippen LogP contribution in [-0.4, -0.2) is 39.2 Å². The summed E-state index contributed by atoms with van der Waals surface area (Å²) in [6.45, 7) is 0.537. The van der Waals surface area contributed by atoms with Crippen LogP contribution in [-0.2, 0) is 14.6 Å². The summed E-state index contributed by atoms with van der Waals surface area (Å²) in [7, 11) is -3.38. The van der Waals surface area contributed by atoms with Crippen molar-refractivity contribution >= 4 is 44.8 Å². The predicted molar refractivity (Wildman–Crippen MR) is 134 cm³/mol. The first kappa shape index (κ1) is 23.8. The topological polar surface area (TPSA) is 95.6 Å². The molecular formula is C25H24ClN3O4S. The minimum absolute atomic E-state index is 0.193. The third-order valence-corrected chi connectivity index (χ3v) is 7.03. The maximum atomic E-state index is 13.1. The average Bonchev–Trinajstić information content (AvgIpc) is 2.81. The Balaban J connectivity index is 1.47. The van der Waals surface area contributed by atoms with Gasteiger partial charge in [-0.3, -0.25) is 4.79 Å². The van der Waals surface area contributed by atoms with Crippen LogP contribution >= 0.6 is 11.6 Å². The molecule has 34 heavy (non-hydrogen) atoms. The highest BCUT2D eigenvalue weighted by Crippen LogP contribution is 2.30. The van der Waals surface area contributed by atoms with E-state index in [1.165, 1.54) is 6.26 Å². The second-order valence-electron chi connectivity index (χ2n) is 8.11. The van der Waals surface area contributed by atoms with Gasteiger partial charge in [-0.25, -0.2) is 13.2 Å². The number of carbonyl (C=O) groups is 2. The number of anilines is 2. The van der Waals surface area contributed by atoms with E-state index in [9.17, 15) is 18.0 Å². The van der Waals surface area contributed by atoms with E-state index in [2.05, 4.69) is 10.6 Å². The monoisotopic (exact) mass is 497 g/mol. The summed E-state index contributed by atoms with van der Waals surface area (Å²) < 4.78 is 24.3. The van der Waals surface area contributed by atoms with Crippen LogP contribution in [0.4, 0.5) is 16.2 Å². The third kappa shape index (κ3) is 5.40. The van der Waals surface area contributed by atoms with E-state index in [1.54, 1.807) is 77.7 Å². The van der Waals surface area contributed by atoms with Gasteiger partial charge in [-0.15, -0.1) is 0 Å². The van der Waals surface area contributed by atoms with Crippen molar-refractivity contribution in [2.45, 2.75) is 23.8 Å². The van der Waals surface area contributed by atoms with Gasteiger partial charge in [0, 0.05) is 34.8 Å². The number of nitrogens with zero attached hydrogens (tertiary/aromatic N) is 1. The van der Waals surface area contributed by atoms with E-state index >= 15 is 0 Å². The van der Waals surface area contributed by atoms with Gasteiger partial charge in [-0.05, 0) is 60.9 Å². The van der Waals surface area contributed by atoms with E-state index in [-0.39, 0.29) is 10.8 Å². The molecule has 9 heteroatoms. The maximum absolute atomic E-state index is 13.1. The van der Waals surface area contributed by atoms with Crippen molar-refractivity contribution in [3.63, 3.8) is 0 Å². The Labute approximate surface area is 203 Å². The zero-order chi connectivity index (χ0) is 24.3. The lowest BCUT2D eigenvalue weighted by Gasteiger charge is -2.32. The van der Waals surface area contributed by atoms with Crippen molar-refractivity contribution < 1.29 is 18.0 Å². The molecule has 1 fully saturated rings.